The highest BCUT2D eigenvalue weighted by atomic mass is 32.2. The number of para-hydroxylation sites is 1. The molecule has 2 amide bonds. The van der Waals surface area contributed by atoms with Crippen LogP contribution in [0.5, 0.6) is 0 Å². The Kier molecular flexibility index (Phi) is 5.69. The van der Waals surface area contributed by atoms with Gasteiger partial charge in [0.2, 0.25) is 11.8 Å². The molecule has 0 aliphatic carbocycles. The van der Waals surface area contributed by atoms with Gasteiger partial charge in [0.15, 0.2) is 10.3 Å². The summed E-state index contributed by atoms with van der Waals surface area (Å²) in [5.74, 6) is -1.12. The maximum atomic E-state index is 13.4. The van der Waals surface area contributed by atoms with E-state index in [2.05, 4.69) is 15.3 Å². The molecule has 0 spiro atoms. The molecule has 33 heavy (non-hydrogen) atoms. The van der Waals surface area contributed by atoms with Crippen LogP contribution in [0.3, 0.4) is 0 Å². The average molecular weight is 507 g/mol. The van der Waals surface area contributed by atoms with E-state index in [0.717, 1.165) is 14.5 Å². The highest BCUT2D eigenvalue weighted by Crippen LogP contribution is 2.42. The number of thiazole rings is 2. The van der Waals surface area contributed by atoms with Crippen LogP contribution in [0.4, 0.5) is 10.3 Å². The summed E-state index contributed by atoms with van der Waals surface area (Å²) >= 11 is 2.69. The van der Waals surface area contributed by atoms with Crippen LogP contribution in [0.15, 0.2) is 35.8 Å². The van der Waals surface area contributed by atoms with Crippen molar-refractivity contribution >= 4 is 65.2 Å². The number of aromatic nitrogens is 2. The lowest BCUT2D eigenvalue weighted by Crippen LogP contribution is -2.49. The van der Waals surface area contributed by atoms with E-state index < -0.39 is 28.1 Å². The number of carbonyl (C=O) groups excluding carboxylic acids is 2. The monoisotopic (exact) mass is 506 g/mol. The van der Waals surface area contributed by atoms with Crippen LogP contribution in [-0.2, 0) is 19.8 Å². The molecule has 2 aliphatic heterocycles. The Morgan fingerprint density at radius 2 is 2.12 bits per heavy atom. The molecule has 0 radical (unpaired) electrons. The van der Waals surface area contributed by atoms with Crippen molar-refractivity contribution in [2.75, 3.05) is 30.4 Å². The van der Waals surface area contributed by atoms with Crippen molar-refractivity contribution in [3.8, 4) is 0 Å². The van der Waals surface area contributed by atoms with Gasteiger partial charge in [-0.05, 0) is 18.6 Å². The van der Waals surface area contributed by atoms with Gasteiger partial charge in [-0.1, -0.05) is 30.4 Å². The van der Waals surface area contributed by atoms with Crippen LogP contribution in [0, 0.1) is 5.92 Å². The Hall–Kier alpha value is -2.45. The van der Waals surface area contributed by atoms with Crippen molar-refractivity contribution in [2.45, 2.75) is 25.4 Å². The van der Waals surface area contributed by atoms with Gasteiger partial charge in [0, 0.05) is 25.2 Å². The third-order valence-corrected chi connectivity index (χ3v) is 9.73. The summed E-state index contributed by atoms with van der Waals surface area (Å²) in [7, 11) is -2.59. The van der Waals surface area contributed by atoms with Crippen molar-refractivity contribution in [3.63, 3.8) is 0 Å². The smallest absolute Gasteiger partial charge is 0.282 e. The topological polar surface area (TPSA) is 116 Å². The lowest BCUT2D eigenvalue weighted by atomic mass is 10.0. The molecule has 0 saturated carbocycles. The van der Waals surface area contributed by atoms with Crippen LogP contribution < -0.4 is 10.2 Å². The van der Waals surface area contributed by atoms with Crippen molar-refractivity contribution < 1.29 is 18.0 Å². The molecular formula is C20H22N6O4S3. The van der Waals surface area contributed by atoms with Gasteiger partial charge in [0.25, 0.3) is 10.2 Å². The van der Waals surface area contributed by atoms with Crippen LogP contribution >= 0.6 is 22.7 Å². The van der Waals surface area contributed by atoms with Crippen molar-refractivity contribution in [1.82, 2.24) is 18.6 Å². The lowest BCUT2D eigenvalue weighted by molar-refractivity contribution is -0.120. The first kappa shape index (κ1) is 22.3. The molecule has 3 atom stereocenters. The van der Waals surface area contributed by atoms with Crippen molar-refractivity contribution in [1.29, 1.82) is 0 Å². The molecule has 0 bridgehead atoms. The zero-order valence-electron chi connectivity index (χ0n) is 17.9. The number of hydrogen-bond acceptors (Lipinski definition) is 8. The van der Waals surface area contributed by atoms with Gasteiger partial charge >= 0.3 is 0 Å². The lowest BCUT2D eigenvalue weighted by Gasteiger charge is -2.29. The number of nitrogens with zero attached hydrogens (tertiary/aromatic N) is 5. The predicted octanol–water partition coefficient (Wildman–Crippen LogP) is 1.99. The van der Waals surface area contributed by atoms with E-state index in [9.17, 15) is 18.0 Å². The summed E-state index contributed by atoms with van der Waals surface area (Å²) in [6.45, 7) is 1.69. The zero-order chi connectivity index (χ0) is 23.3. The summed E-state index contributed by atoms with van der Waals surface area (Å²) in [4.78, 5) is 35.8. The van der Waals surface area contributed by atoms with E-state index >= 15 is 0 Å². The molecule has 3 aromatic rings. The first-order valence-electron chi connectivity index (χ1n) is 10.4. The minimum atomic E-state index is -3.96. The molecule has 2 aromatic heterocycles. The molecule has 174 valence electrons. The van der Waals surface area contributed by atoms with E-state index in [4.69, 9.17) is 0 Å². The number of benzene rings is 1. The minimum absolute atomic E-state index is 0.131. The molecule has 0 unspecified atom stereocenters. The average Bonchev–Trinajstić information content (AvgIpc) is 3.55. The van der Waals surface area contributed by atoms with Crippen LogP contribution in [0.25, 0.3) is 10.2 Å². The van der Waals surface area contributed by atoms with Crippen LogP contribution in [0.1, 0.15) is 13.3 Å². The molecule has 5 rings (SSSR count). The first-order chi connectivity index (χ1) is 15.8. The number of anilines is 2. The Bertz CT molecular complexity index is 1280. The third-order valence-electron chi connectivity index (χ3n) is 6.07. The van der Waals surface area contributed by atoms with Gasteiger partial charge in [-0.3, -0.25) is 14.5 Å². The van der Waals surface area contributed by atoms with Gasteiger partial charge in [-0.15, -0.1) is 11.3 Å². The number of fused-ring (bicyclic) bond motifs is 2. The fourth-order valence-corrected chi connectivity index (χ4v) is 7.72. The Morgan fingerprint density at radius 3 is 2.85 bits per heavy atom. The first-order valence-corrected chi connectivity index (χ1v) is 13.5. The molecule has 4 heterocycles. The van der Waals surface area contributed by atoms with E-state index in [1.807, 2.05) is 24.3 Å². The fraction of sp³-hybridized carbons (Fsp3) is 0.400. The number of carbonyl (C=O) groups is 2. The van der Waals surface area contributed by atoms with Gasteiger partial charge in [0.1, 0.15) is 0 Å². The quantitative estimate of drug-likeness (QED) is 0.547. The van der Waals surface area contributed by atoms with E-state index in [0.29, 0.717) is 16.7 Å². The van der Waals surface area contributed by atoms with Gasteiger partial charge in [-0.2, -0.15) is 17.0 Å². The Labute approximate surface area is 199 Å². The normalized spacial score (nSPS) is 23.5. The van der Waals surface area contributed by atoms with Crippen molar-refractivity contribution in [3.05, 3.63) is 35.8 Å². The zero-order valence-corrected chi connectivity index (χ0v) is 20.4. The molecule has 2 saturated heterocycles. The molecule has 10 nitrogen and oxygen atoms in total. The van der Waals surface area contributed by atoms with E-state index in [1.165, 1.54) is 34.0 Å². The second-order valence-corrected chi connectivity index (χ2v) is 12.0. The number of likely N-dealkylation sites (N-methyl/N-ethyl adjacent to an activating group) is 1. The SMILES string of the molecule is C[C@@H]1C(=O)N(c2nc3ccccc3s2)[C@H]2CCN(S(=O)(=O)N(C)CC(=O)Nc3nccs3)[C@H]12. The summed E-state index contributed by atoms with van der Waals surface area (Å²) in [5.41, 5.74) is 0.815. The Morgan fingerprint density at radius 1 is 1.33 bits per heavy atom. The highest BCUT2D eigenvalue weighted by Gasteiger charge is 2.56. The second kappa shape index (κ2) is 8.40. The van der Waals surface area contributed by atoms with Gasteiger partial charge in [-0.25, -0.2) is 9.97 Å². The molecule has 1 aromatic carbocycles. The van der Waals surface area contributed by atoms with E-state index in [-0.39, 0.29) is 25.0 Å². The summed E-state index contributed by atoms with van der Waals surface area (Å²) in [6, 6.07) is 6.86. The number of hydrogen-bond donors (Lipinski definition) is 1. The maximum Gasteiger partial charge on any atom is 0.282 e. The van der Waals surface area contributed by atoms with Gasteiger partial charge in [0.05, 0.1) is 34.8 Å². The van der Waals surface area contributed by atoms with Crippen LogP contribution in [-0.4, -0.2) is 71.0 Å². The Balaban J connectivity index is 1.36. The maximum absolute atomic E-state index is 13.4. The molecule has 13 heteroatoms. The predicted molar refractivity (Wildman–Crippen MR) is 127 cm³/mol. The summed E-state index contributed by atoms with van der Waals surface area (Å²) < 4.78 is 30.1. The number of rotatable bonds is 6. The number of amides is 2. The molecular weight excluding hydrogens is 484 g/mol. The van der Waals surface area contributed by atoms with Crippen molar-refractivity contribution in [2.24, 2.45) is 5.92 Å². The molecule has 2 aliphatic rings. The standard InChI is InChI=1S/C20H22N6O4S3/c1-12-17-14(26(18(12)28)20-22-13-5-3-4-6-15(13)32-20)7-9-25(17)33(29,30)24(2)11-16(27)23-19-21-8-10-31-19/h3-6,8,10,12,14,17H,7,9,11H2,1-2H3,(H,21,23,27)/t12-,14-,17+/m0/s1. The minimum Gasteiger partial charge on any atom is -0.301 e. The van der Waals surface area contributed by atoms with Gasteiger partial charge < -0.3 is 5.32 Å². The molecule has 1 N–H and O–H groups in total. The second-order valence-electron chi connectivity index (χ2n) is 8.07. The van der Waals surface area contributed by atoms with Crippen LogP contribution in [0.2, 0.25) is 0 Å². The molecule has 2 fully saturated rings. The number of nitrogens with one attached hydrogen (secondary N) is 1. The summed E-state index contributed by atoms with van der Waals surface area (Å²) in [6.07, 6.45) is 2.07. The third kappa shape index (κ3) is 3.83. The fourth-order valence-electron chi connectivity index (χ4n) is 4.54. The highest BCUT2D eigenvalue weighted by molar-refractivity contribution is 7.86. The largest absolute Gasteiger partial charge is 0.301 e. The van der Waals surface area contributed by atoms with E-state index in [1.54, 1.807) is 23.4 Å². The summed E-state index contributed by atoms with van der Waals surface area (Å²) in [5, 5.41) is 5.32.